The van der Waals surface area contributed by atoms with Crippen LogP contribution in [0.5, 0.6) is 11.5 Å². The number of carboxylic acids is 1. The molecule has 1 amide bonds. The van der Waals surface area contributed by atoms with Gasteiger partial charge in [0.15, 0.2) is 0 Å². The van der Waals surface area contributed by atoms with Crippen LogP contribution in [0.1, 0.15) is 48.9 Å². The summed E-state index contributed by atoms with van der Waals surface area (Å²) in [6, 6.07) is 4.33. The van der Waals surface area contributed by atoms with E-state index in [-0.39, 0.29) is 23.6 Å². The van der Waals surface area contributed by atoms with Gasteiger partial charge in [-0.1, -0.05) is 25.0 Å². The largest absolute Gasteiger partial charge is 0.872 e. The summed E-state index contributed by atoms with van der Waals surface area (Å²) in [5.41, 5.74) is 0.113. The fourth-order valence-corrected chi connectivity index (χ4v) is 2.05. The number of hydrogen-bond donors (Lipinski definition) is 2. The second-order valence-corrected chi connectivity index (χ2v) is 5.03. The van der Waals surface area contributed by atoms with E-state index >= 15 is 0 Å². The number of carbonyl (C=O) groups is 2. The van der Waals surface area contributed by atoms with Gasteiger partial charge in [0, 0.05) is 18.5 Å². The van der Waals surface area contributed by atoms with Gasteiger partial charge in [0.05, 0.1) is 7.11 Å². The first-order valence-corrected chi connectivity index (χ1v) is 7.39. The predicted octanol–water partition coefficient (Wildman–Crippen LogP) is 1.92. The molecule has 0 aromatic heterocycles. The van der Waals surface area contributed by atoms with E-state index < -0.39 is 5.97 Å². The van der Waals surface area contributed by atoms with Crippen molar-refractivity contribution in [3.8, 4) is 11.5 Å². The molecule has 0 aliphatic heterocycles. The van der Waals surface area contributed by atoms with Crippen LogP contribution in [-0.2, 0) is 4.79 Å². The highest BCUT2D eigenvalue weighted by molar-refractivity contribution is 5.96. The third-order valence-electron chi connectivity index (χ3n) is 3.29. The number of unbranched alkanes of at least 4 members (excludes halogenated alkanes) is 4. The van der Waals surface area contributed by atoms with E-state index in [4.69, 9.17) is 9.84 Å². The monoisotopic (exact) mass is 308 g/mol. The van der Waals surface area contributed by atoms with Gasteiger partial charge in [0.2, 0.25) is 0 Å². The normalized spacial score (nSPS) is 10.2. The van der Waals surface area contributed by atoms with Gasteiger partial charge in [-0.2, -0.15) is 0 Å². The molecule has 0 aliphatic rings. The highest BCUT2D eigenvalue weighted by Gasteiger charge is 2.06. The Morgan fingerprint density at radius 3 is 2.50 bits per heavy atom. The van der Waals surface area contributed by atoms with E-state index in [1.165, 1.54) is 19.2 Å². The molecule has 0 saturated carbocycles. The molecule has 1 aromatic rings. The maximum absolute atomic E-state index is 11.9. The highest BCUT2D eigenvalue weighted by Crippen LogP contribution is 2.20. The molecule has 6 nitrogen and oxygen atoms in total. The molecular formula is C16H22NO5-. The Hall–Kier alpha value is -2.24. The first-order valence-electron chi connectivity index (χ1n) is 7.39. The average molecular weight is 308 g/mol. The molecule has 0 spiro atoms. The standard InChI is InChI=1S/C16H23NO5/c1-22-12-8-9-13(14(18)11-12)16(21)17-10-6-4-2-3-5-7-15(19)20/h8-9,11,18H,2-7,10H2,1H3,(H,17,21)(H,19,20)/p-1. The number of aliphatic carboxylic acids is 1. The predicted molar refractivity (Wildman–Crippen MR) is 80.1 cm³/mol. The first-order chi connectivity index (χ1) is 10.5. The molecule has 0 aliphatic carbocycles. The lowest BCUT2D eigenvalue weighted by Crippen LogP contribution is -2.25. The lowest BCUT2D eigenvalue weighted by Gasteiger charge is -2.14. The molecular weight excluding hydrogens is 286 g/mol. The van der Waals surface area contributed by atoms with Gasteiger partial charge in [0.25, 0.3) is 5.91 Å². The quantitative estimate of drug-likeness (QED) is 0.643. The molecule has 0 heterocycles. The number of carbonyl (C=O) groups excluding carboxylic acids is 1. The van der Waals surface area contributed by atoms with Gasteiger partial charge >= 0.3 is 5.97 Å². The average Bonchev–Trinajstić information content (AvgIpc) is 2.49. The summed E-state index contributed by atoms with van der Waals surface area (Å²) in [6.07, 6.45) is 4.45. The number of nitrogens with one attached hydrogen (secondary N) is 1. The number of benzene rings is 1. The Morgan fingerprint density at radius 1 is 1.18 bits per heavy atom. The Balaban J connectivity index is 2.19. The fourth-order valence-electron chi connectivity index (χ4n) is 2.05. The van der Waals surface area contributed by atoms with Crippen molar-refractivity contribution in [2.75, 3.05) is 13.7 Å². The molecule has 2 N–H and O–H groups in total. The van der Waals surface area contributed by atoms with E-state index in [1.54, 1.807) is 6.07 Å². The highest BCUT2D eigenvalue weighted by atomic mass is 16.5. The van der Waals surface area contributed by atoms with Crippen molar-refractivity contribution in [2.24, 2.45) is 0 Å². The zero-order valence-corrected chi connectivity index (χ0v) is 12.8. The van der Waals surface area contributed by atoms with E-state index in [2.05, 4.69) is 5.32 Å². The van der Waals surface area contributed by atoms with E-state index in [0.29, 0.717) is 18.7 Å². The number of rotatable bonds is 10. The van der Waals surface area contributed by atoms with Crippen molar-refractivity contribution in [2.45, 2.75) is 38.5 Å². The van der Waals surface area contributed by atoms with Gasteiger partial charge in [-0.15, -0.1) is 0 Å². The van der Waals surface area contributed by atoms with Crippen LogP contribution in [0, 0.1) is 0 Å². The van der Waals surface area contributed by atoms with Crippen molar-refractivity contribution in [1.29, 1.82) is 0 Å². The third-order valence-corrected chi connectivity index (χ3v) is 3.29. The lowest BCUT2D eigenvalue weighted by molar-refractivity contribution is -0.268. The molecule has 1 aromatic carbocycles. The van der Waals surface area contributed by atoms with Gasteiger partial charge in [-0.05, 0) is 31.0 Å². The Labute approximate surface area is 130 Å². The molecule has 6 heteroatoms. The van der Waals surface area contributed by atoms with Crippen LogP contribution in [0.25, 0.3) is 0 Å². The molecule has 0 unspecified atom stereocenters. The number of ether oxygens (including phenoxy) is 1. The molecule has 122 valence electrons. The third kappa shape index (κ3) is 6.47. The molecule has 22 heavy (non-hydrogen) atoms. The summed E-state index contributed by atoms with van der Waals surface area (Å²) in [4.78, 5) is 22.2. The van der Waals surface area contributed by atoms with Crippen molar-refractivity contribution in [3.05, 3.63) is 23.8 Å². The molecule has 1 rings (SSSR count). The Bertz CT molecular complexity index is 501. The van der Waals surface area contributed by atoms with Crippen LogP contribution < -0.4 is 15.2 Å². The summed E-state index contributed by atoms with van der Waals surface area (Å²) in [6.45, 7) is 0.503. The Morgan fingerprint density at radius 2 is 1.86 bits per heavy atom. The minimum Gasteiger partial charge on any atom is -0.872 e. The van der Waals surface area contributed by atoms with Gasteiger partial charge in [-0.25, -0.2) is 0 Å². The van der Waals surface area contributed by atoms with E-state index in [1.807, 2.05) is 0 Å². The van der Waals surface area contributed by atoms with Crippen molar-refractivity contribution < 1.29 is 24.5 Å². The van der Waals surface area contributed by atoms with Crippen LogP contribution >= 0.6 is 0 Å². The van der Waals surface area contributed by atoms with E-state index in [0.717, 1.165) is 25.7 Å². The summed E-state index contributed by atoms with van der Waals surface area (Å²) < 4.78 is 4.92. The number of amides is 1. The van der Waals surface area contributed by atoms with Gasteiger partial charge in [0.1, 0.15) is 5.75 Å². The molecule has 0 fully saturated rings. The summed E-state index contributed by atoms with van der Waals surface area (Å²) in [7, 11) is 1.46. The minimum atomic E-state index is -0.764. The van der Waals surface area contributed by atoms with Crippen molar-refractivity contribution in [1.82, 2.24) is 5.32 Å². The SMILES string of the molecule is COc1ccc(C(=O)NCCCCCCCC(=O)O)c([O-])c1. The minimum absolute atomic E-state index is 0.113. The van der Waals surface area contributed by atoms with Gasteiger partial charge < -0.3 is 20.3 Å². The fraction of sp³-hybridized carbons (Fsp3) is 0.500. The maximum atomic E-state index is 11.9. The van der Waals surface area contributed by atoms with Crippen LogP contribution in [0.4, 0.5) is 0 Å². The Kier molecular flexibility index (Phi) is 7.81. The summed E-state index contributed by atoms with van der Waals surface area (Å²) >= 11 is 0. The van der Waals surface area contributed by atoms with Crippen LogP contribution in [0.15, 0.2) is 18.2 Å². The van der Waals surface area contributed by atoms with E-state index in [9.17, 15) is 14.7 Å². The molecule has 0 radical (unpaired) electrons. The summed E-state index contributed by atoms with van der Waals surface area (Å²) in [5.74, 6) is -1.06. The zero-order chi connectivity index (χ0) is 16.4. The smallest absolute Gasteiger partial charge is 0.303 e. The van der Waals surface area contributed by atoms with Gasteiger partial charge in [-0.3, -0.25) is 9.59 Å². The molecule has 0 saturated heterocycles. The van der Waals surface area contributed by atoms with Crippen LogP contribution in [-0.4, -0.2) is 30.6 Å². The maximum Gasteiger partial charge on any atom is 0.303 e. The first kappa shape index (κ1) is 17.8. The number of methoxy groups -OCH3 is 1. The molecule has 0 atom stereocenters. The topological polar surface area (TPSA) is 98.7 Å². The number of hydrogen-bond acceptors (Lipinski definition) is 4. The van der Waals surface area contributed by atoms with Crippen LogP contribution in [0.2, 0.25) is 0 Å². The molecule has 0 bridgehead atoms. The second-order valence-electron chi connectivity index (χ2n) is 5.03. The van der Waals surface area contributed by atoms with Crippen molar-refractivity contribution >= 4 is 11.9 Å². The summed E-state index contributed by atoms with van der Waals surface area (Å²) in [5, 5.41) is 22.9. The van der Waals surface area contributed by atoms with Crippen molar-refractivity contribution in [3.63, 3.8) is 0 Å². The number of carboxylic acid groups (broad SMARTS) is 1. The zero-order valence-electron chi connectivity index (χ0n) is 12.8. The van der Waals surface area contributed by atoms with Crippen LogP contribution in [0.3, 0.4) is 0 Å². The second kappa shape index (κ2) is 9.65. The lowest BCUT2D eigenvalue weighted by atomic mass is 10.1.